The van der Waals surface area contributed by atoms with Crippen LogP contribution in [0.4, 0.5) is 11.5 Å². The van der Waals surface area contributed by atoms with Gasteiger partial charge in [-0.05, 0) is 12.1 Å². The minimum Gasteiger partial charge on any atom is -0.373 e. The number of fused-ring (bicyclic) bond motifs is 1. The molecule has 2 rings (SSSR count). The Morgan fingerprint density at radius 1 is 1.50 bits per heavy atom. The van der Waals surface area contributed by atoms with Gasteiger partial charge in [0.1, 0.15) is 5.15 Å². The molecule has 0 saturated carbocycles. The van der Waals surface area contributed by atoms with E-state index in [1.54, 1.807) is 12.1 Å². The van der Waals surface area contributed by atoms with Crippen molar-refractivity contribution in [1.82, 2.24) is 10.3 Å². The van der Waals surface area contributed by atoms with Gasteiger partial charge in [-0.25, -0.2) is 4.98 Å². The van der Waals surface area contributed by atoms with Crippen molar-refractivity contribution in [2.45, 2.75) is 0 Å². The highest BCUT2D eigenvalue weighted by Crippen LogP contribution is 2.23. The number of amides is 1. The summed E-state index contributed by atoms with van der Waals surface area (Å²) < 4.78 is 0. The third-order valence-corrected chi connectivity index (χ3v) is 1.71. The van der Waals surface area contributed by atoms with Gasteiger partial charge in [0.05, 0.1) is 12.2 Å². The maximum atomic E-state index is 10.8. The average Bonchev–Trinajstić information content (AvgIpc) is 2.03. The van der Waals surface area contributed by atoms with Crippen molar-refractivity contribution >= 4 is 29.0 Å². The van der Waals surface area contributed by atoms with Crippen LogP contribution in [0.25, 0.3) is 0 Å². The molecule has 2 heterocycles. The predicted octanol–water partition coefficient (Wildman–Crippen LogP) is 0.923. The second-order valence-corrected chi connectivity index (χ2v) is 2.75. The molecule has 1 aliphatic heterocycles. The van der Waals surface area contributed by atoms with Gasteiger partial charge in [0, 0.05) is 0 Å². The zero-order valence-electron chi connectivity index (χ0n) is 6.04. The molecule has 0 aromatic carbocycles. The largest absolute Gasteiger partial charge is 0.373 e. The van der Waals surface area contributed by atoms with Crippen molar-refractivity contribution < 1.29 is 4.79 Å². The Labute approximate surface area is 73.9 Å². The van der Waals surface area contributed by atoms with Gasteiger partial charge in [-0.1, -0.05) is 11.6 Å². The van der Waals surface area contributed by atoms with E-state index >= 15 is 0 Å². The van der Waals surface area contributed by atoms with Crippen LogP contribution in [-0.2, 0) is 4.79 Å². The molecule has 4 nitrogen and oxygen atoms in total. The topological polar surface area (TPSA) is 56.1 Å². The molecule has 1 aromatic rings. The maximum Gasteiger partial charge on any atom is 0.267 e. The fourth-order valence-electron chi connectivity index (χ4n) is 0.977. The summed E-state index contributed by atoms with van der Waals surface area (Å²) in [5, 5.41) is 6.93. The first kappa shape index (κ1) is 7.36. The van der Waals surface area contributed by atoms with Crippen LogP contribution in [0, 0.1) is 0 Å². The third kappa shape index (κ3) is 1.21. The lowest BCUT2D eigenvalue weighted by Gasteiger charge is -2.14. The lowest BCUT2D eigenvalue weighted by Crippen LogP contribution is -2.27. The molecule has 0 atom stereocenters. The van der Waals surface area contributed by atoms with Gasteiger partial charge in [-0.2, -0.15) is 5.32 Å². The van der Waals surface area contributed by atoms with Crippen molar-refractivity contribution in [1.29, 1.82) is 0 Å². The fraction of sp³-hybridized carbons (Fsp3) is 0.143. The number of hydrogen-bond acceptors (Lipinski definition) is 3. The van der Waals surface area contributed by atoms with E-state index < -0.39 is 0 Å². The van der Waals surface area contributed by atoms with Crippen molar-refractivity contribution in [3.8, 4) is 0 Å². The molecule has 0 fully saturated rings. The van der Waals surface area contributed by atoms with Crippen molar-refractivity contribution in [2.75, 3.05) is 11.9 Å². The van der Waals surface area contributed by atoms with Crippen LogP contribution < -0.4 is 10.6 Å². The first-order valence-electron chi connectivity index (χ1n) is 3.41. The zero-order valence-corrected chi connectivity index (χ0v) is 6.80. The SMILES string of the molecule is O=C1CNc2ccc(Cl)nc2[N]1. The van der Waals surface area contributed by atoms with Gasteiger partial charge in [0.2, 0.25) is 0 Å². The number of rotatable bonds is 0. The Morgan fingerprint density at radius 2 is 2.33 bits per heavy atom. The average molecular weight is 183 g/mol. The third-order valence-electron chi connectivity index (χ3n) is 1.50. The number of aromatic nitrogens is 1. The second-order valence-electron chi connectivity index (χ2n) is 2.36. The molecule has 1 aliphatic rings. The highest BCUT2D eigenvalue weighted by Gasteiger charge is 2.16. The molecule has 0 unspecified atom stereocenters. The number of nitrogens with one attached hydrogen (secondary N) is 1. The Bertz CT molecular complexity index is 339. The number of halogens is 1. The summed E-state index contributed by atoms with van der Waals surface area (Å²) in [6.07, 6.45) is 0. The monoisotopic (exact) mass is 182 g/mol. The molecule has 61 valence electrons. The Balaban J connectivity index is 2.44. The van der Waals surface area contributed by atoms with Crippen LogP contribution in [0.15, 0.2) is 12.1 Å². The number of nitrogens with zero attached hydrogens (tertiary/aromatic N) is 2. The quantitative estimate of drug-likeness (QED) is 0.607. The predicted molar refractivity (Wildman–Crippen MR) is 44.5 cm³/mol. The number of carbonyl (C=O) groups is 1. The van der Waals surface area contributed by atoms with Crippen LogP contribution in [0.3, 0.4) is 0 Å². The summed E-state index contributed by atoms with van der Waals surface area (Å²) in [5.41, 5.74) is 0.749. The molecule has 0 aliphatic carbocycles. The first-order valence-corrected chi connectivity index (χ1v) is 3.78. The van der Waals surface area contributed by atoms with Gasteiger partial charge in [-0.3, -0.25) is 4.79 Å². The van der Waals surface area contributed by atoms with Gasteiger partial charge in [0.25, 0.3) is 5.91 Å². The van der Waals surface area contributed by atoms with Crippen LogP contribution in [0.1, 0.15) is 0 Å². The summed E-state index contributed by atoms with van der Waals surface area (Å²) >= 11 is 5.61. The number of carbonyl (C=O) groups excluding carboxylic acids is 1. The minimum absolute atomic E-state index is 0.225. The summed E-state index contributed by atoms with van der Waals surface area (Å²) in [6, 6.07) is 3.40. The molecular weight excluding hydrogens is 178 g/mol. The molecule has 1 amide bonds. The molecule has 1 radical (unpaired) electrons. The number of pyridine rings is 1. The Morgan fingerprint density at radius 3 is 3.17 bits per heavy atom. The normalized spacial score (nSPS) is 14.6. The van der Waals surface area contributed by atoms with Crippen LogP contribution >= 0.6 is 11.6 Å². The van der Waals surface area contributed by atoms with Gasteiger partial charge in [-0.15, -0.1) is 0 Å². The van der Waals surface area contributed by atoms with E-state index in [-0.39, 0.29) is 12.5 Å². The summed E-state index contributed by atoms with van der Waals surface area (Å²) in [7, 11) is 0. The Hall–Kier alpha value is -1.29. The highest BCUT2D eigenvalue weighted by atomic mass is 35.5. The van der Waals surface area contributed by atoms with Crippen LogP contribution in [0.5, 0.6) is 0 Å². The van der Waals surface area contributed by atoms with Crippen molar-refractivity contribution in [2.24, 2.45) is 0 Å². The molecule has 1 aromatic heterocycles. The standard InChI is InChI=1S/C7H5ClN3O/c8-5-2-1-4-7(10-5)11-6(12)3-9-4/h1-2,9H,3H2. The first-order chi connectivity index (χ1) is 5.75. The van der Waals surface area contributed by atoms with Crippen molar-refractivity contribution in [3.63, 3.8) is 0 Å². The zero-order chi connectivity index (χ0) is 8.55. The molecular formula is C7H5ClN3O. The van der Waals surface area contributed by atoms with E-state index in [1.165, 1.54) is 0 Å². The van der Waals surface area contributed by atoms with Gasteiger partial charge >= 0.3 is 0 Å². The molecule has 0 saturated heterocycles. The van der Waals surface area contributed by atoms with E-state index in [1.807, 2.05) is 0 Å². The molecule has 12 heavy (non-hydrogen) atoms. The molecule has 1 N–H and O–H groups in total. The molecule has 0 bridgehead atoms. The lowest BCUT2D eigenvalue weighted by molar-refractivity contribution is -0.118. The molecule has 5 heteroatoms. The number of hydrogen-bond donors (Lipinski definition) is 1. The van der Waals surface area contributed by atoms with E-state index in [2.05, 4.69) is 15.6 Å². The smallest absolute Gasteiger partial charge is 0.267 e. The van der Waals surface area contributed by atoms with Gasteiger partial charge < -0.3 is 5.32 Å². The van der Waals surface area contributed by atoms with E-state index in [4.69, 9.17) is 11.6 Å². The fourth-order valence-corrected chi connectivity index (χ4v) is 1.12. The molecule has 0 spiro atoms. The summed E-state index contributed by atoms with van der Waals surface area (Å²) in [5.74, 6) is 0.149. The van der Waals surface area contributed by atoms with E-state index in [9.17, 15) is 4.79 Å². The van der Waals surface area contributed by atoms with Crippen LogP contribution in [0.2, 0.25) is 5.15 Å². The minimum atomic E-state index is -0.225. The Kier molecular flexibility index (Phi) is 1.62. The second kappa shape index (κ2) is 2.64. The van der Waals surface area contributed by atoms with Gasteiger partial charge in [0.15, 0.2) is 5.82 Å². The number of anilines is 1. The highest BCUT2D eigenvalue weighted by molar-refractivity contribution is 6.29. The van der Waals surface area contributed by atoms with Crippen molar-refractivity contribution in [3.05, 3.63) is 17.3 Å². The van der Waals surface area contributed by atoms with E-state index in [0.717, 1.165) is 5.69 Å². The maximum absolute atomic E-state index is 10.8. The lowest BCUT2D eigenvalue weighted by atomic mass is 10.3. The summed E-state index contributed by atoms with van der Waals surface area (Å²) in [6.45, 7) is 0.232. The van der Waals surface area contributed by atoms with E-state index in [0.29, 0.717) is 11.0 Å². The summed E-state index contributed by atoms with van der Waals surface area (Å²) in [4.78, 5) is 14.7. The van der Waals surface area contributed by atoms with Crippen LogP contribution in [-0.4, -0.2) is 17.4 Å².